The van der Waals surface area contributed by atoms with E-state index in [9.17, 15) is 13.2 Å². The second-order valence-corrected chi connectivity index (χ2v) is 5.45. The number of aliphatic imine (C=N–C) groups is 1. The Labute approximate surface area is 144 Å². The highest BCUT2D eigenvalue weighted by Crippen LogP contribution is 2.20. The molecular weight excluding hydrogens is 412 g/mol. The van der Waals surface area contributed by atoms with Crippen molar-refractivity contribution in [1.82, 2.24) is 10.3 Å². The van der Waals surface area contributed by atoms with Crippen molar-refractivity contribution >= 4 is 29.9 Å². The maximum absolute atomic E-state index is 12.2. The minimum atomic E-state index is -4.41. The SMILES string of the molecule is CC(C)(C)NC(N)=NCc1cccnc1OCC(F)(F)F.I. The minimum Gasteiger partial charge on any atom is -0.468 e. The molecule has 0 amide bonds. The highest BCUT2D eigenvalue weighted by atomic mass is 127. The molecule has 0 aromatic carbocycles. The lowest BCUT2D eigenvalue weighted by Crippen LogP contribution is -2.44. The number of hydrogen-bond donors (Lipinski definition) is 2. The van der Waals surface area contributed by atoms with Gasteiger partial charge in [-0.25, -0.2) is 9.98 Å². The fourth-order valence-electron chi connectivity index (χ4n) is 1.42. The van der Waals surface area contributed by atoms with Crippen molar-refractivity contribution in [1.29, 1.82) is 0 Å². The summed E-state index contributed by atoms with van der Waals surface area (Å²) in [5.74, 6) is 0.107. The fraction of sp³-hybridized carbons (Fsp3) is 0.538. The largest absolute Gasteiger partial charge is 0.468 e. The molecule has 0 fully saturated rings. The number of ether oxygens (including phenoxy) is 1. The second-order valence-electron chi connectivity index (χ2n) is 5.45. The summed E-state index contributed by atoms with van der Waals surface area (Å²) in [4.78, 5) is 7.85. The Morgan fingerprint density at radius 3 is 2.55 bits per heavy atom. The van der Waals surface area contributed by atoms with Crippen molar-refractivity contribution in [2.45, 2.75) is 39.0 Å². The van der Waals surface area contributed by atoms with Crippen LogP contribution in [0.2, 0.25) is 0 Å². The quantitative estimate of drug-likeness (QED) is 0.436. The normalized spacial score (nSPS) is 12.5. The number of aromatic nitrogens is 1. The Morgan fingerprint density at radius 2 is 2.00 bits per heavy atom. The van der Waals surface area contributed by atoms with Gasteiger partial charge in [0, 0.05) is 17.3 Å². The van der Waals surface area contributed by atoms with Crippen LogP contribution in [0.3, 0.4) is 0 Å². The molecule has 1 aromatic heterocycles. The third kappa shape index (κ3) is 8.90. The van der Waals surface area contributed by atoms with E-state index >= 15 is 0 Å². The molecule has 126 valence electrons. The van der Waals surface area contributed by atoms with E-state index < -0.39 is 12.8 Å². The highest BCUT2D eigenvalue weighted by Gasteiger charge is 2.29. The van der Waals surface area contributed by atoms with Crippen LogP contribution < -0.4 is 15.8 Å². The number of alkyl halides is 3. The Bertz CT molecular complexity index is 501. The van der Waals surface area contributed by atoms with Gasteiger partial charge in [-0.05, 0) is 26.8 Å². The third-order valence-corrected chi connectivity index (χ3v) is 2.15. The van der Waals surface area contributed by atoms with Crippen LogP contribution in [0, 0.1) is 0 Å². The average molecular weight is 432 g/mol. The standard InChI is InChI=1S/C13H19F3N4O.HI/c1-12(2,3)20-11(17)19-7-9-5-4-6-18-10(9)21-8-13(14,15)16;/h4-6H,7-8H2,1-3H3,(H3,17,19,20);1H. The molecule has 3 N–H and O–H groups in total. The van der Waals surface area contributed by atoms with Gasteiger partial charge in [-0.3, -0.25) is 0 Å². The maximum atomic E-state index is 12.2. The minimum absolute atomic E-state index is 0. The Kier molecular flexibility index (Phi) is 7.91. The van der Waals surface area contributed by atoms with E-state index in [-0.39, 0.29) is 47.9 Å². The van der Waals surface area contributed by atoms with Gasteiger partial charge in [-0.15, -0.1) is 24.0 Å². The van der Waals surface area contributed by atoms with E-state index in [1.807, 2.05) is 20.8 Å². The van der Waals surface area contributed by atoms with Crippen molar-refractivity contribution < 1.29 is 17.9 Å². The first-order chi connectivity index (χ1) is 9.57. The molecule has 22 heavy (non-hydrogen) atoms. The van der Waals surface area contributed by atoms with Gasteiger partial charge in [0.05, 0.1) is 6.54 Å². The first-order valence-electron chi connectivity index (χ1n) is 6.28. The molecule has 0 saturated carbocycles. The summed E-state index contributed by atoms with van der Waals surface area (Å²) in [5, 5.41) is 2.95. The summed E-state index contributed by atoms with van der Waals surface area (Å²) in [7, 11) is 0. The second kappa shape index (κ2) is 8.39. The molecule has 0 aliphatic rings. The van der Waals surface area contributed by atoms with Crippen LogP contribution in [0.25, 0.3) is 0 Å². The van der Waals surface area contributed by atoms with Crippen molar-refractivity contribution in [2.75, 3.05) is 6.61 Å². The van der Waals surface area contributed by atoms with Gasteiger partial charge in [0.15, 0.2) is 12.6 Å². The third-order valence-electron chi connectivity index (χ3n) is 2.15. The Morgan fingerprint density at radius 1 is 1.36 bits per heavy atom. The molecule has 1 heterocycles. The number of nitrogens with one attached hydrogen (secondary N) is 1. The van der Waals surface area contributed by atoms with Gasteiger partial charge in [0.25, 0.3) is 0 Å². The maximum Gasteiger partial charge on any atom is 0.422 e. The number of rotatable bonds is 4. The predicted molar refractivity (Wildman–Crippen MR) is 89.4 cm³/mol. The molecular formula is C13H20F3IN4O. The summed E-state index contributed by atoms with van der Waals surface area (Å²) < 4.78 is 41.2. The van der Waals surface area contributed by atoms with Crippen molar-refractivity contribution in [3.05, 3.63) is 23.9 Å². The smallest absolute Gasteiger partial charge is 0.422 e. The van der Waals surface area contributed by atoms with E-state index in [1.54, 1.807) is 12.1 Å². The summed E-state index contributed by atoms with van der Waals surface area (Å²) in [6.07, 6.45) is -3.05. The zero-order chi connectivity index (χ0) is 16.1. The van der Waals surface area contributed by atoms with Crippen LogP contribution in [-0.2, 0) is 6.54 Å². The van der Waals surface area contributed by atoms with E-state index in [0.29, 0.717) is 5.56 Å². The van der Waals surface area contributed by atoms with Crippen molar-refractivity contribution in [3.8, 4) is 5.88 Å². The molecule has 9 heteroatoms. The highest BCUT2D eigenvalue weighted by molar-refractivity contribution is 14.0. The number of nitrogens with two attached hydrogens (primary N) is 1. The monoisotopic (exact) mass is 432 g/mol. The molecule has 0 atom stereocenters. The molecule has 0 aliphatic heterocycles. The van der Waals surface area contributed by atoms with Crippen LogP contribution >= 0.6 is 24.0 Å². The predicted octanol–water partition coefficient (Wildman–Crippen LogP) is 2.84. The van der Waals surface area contributed by atoms with E-state index in [0.717, 1.165) is 0 Å². The zero-order valence-electron chi connectivity index (χ0n) is 12.6. The van der Waals surface area contributed by atoms with Crippen LogP contribution in [0.15, 0.2) is 23.3 Å². The topological polar surface area (TPSA) is 72.5 Å². The number of hydrogen-bond acceptors (Lipinski definition) is 3. The van der Waals surface area contributed by atoms with Gasteiger partial charge in [0.1, 0.15) is 0 Å². The van der Waals surface area contributed by atoms with Crippen LogP contribution in [0.1, 0.15) is 26.3 Å². The van der Waals surface area contributed by atoms with E-state index in [2.05, 4.69) is 20.0 Å². The Hall–Kier alpha value is -1.26. The van der Waals surface area contributed by atoms with Crippen molar-refractivity contribution in [2.24, 2.45) is 10.7 Å². The first-order valence-corrected chi connectivity index (χ1v) is 6.28. The van der Waals surface area contributed by atoms with Gasteiger partial charge >= 0.3 is 6.18 Å². The zero-order valence-corrected chi connectivity index (χ0v) is 14.9. The summed E-state index contributed by atoms with van der Waals surface area (Å²) in [5.41, 5.74) is 5.88. The molecule has 0 bridgehead atoms. The summed E-state index contributed by atoms with van der Waals surface area (Å²) >= 11 is 0. The van der Waals surface area contributed by atoms with Crippen LogP contribution in [0.4, 0.5) is 13.2 Å². The summed E-state index contributed by atoms with van der Waals surface area (Å²) in [6.45, 7) is 4.43. The van der Waals surface area contributed by atoms with E-state index in [4.69, 9.17) is 5.73 Å². The lowest BCUT2D eigenvalue weighted by atomic mass is 10.1. The Balaban J connectivity index is 0.00000441. The van der Waals surface area contributed by atoms with Crippen molar-refractivity contribution in [3.63, 3.8) is 0 Å². The molecule has 1 rings (SSSR count). The fourth-order valence-corrected chi connectivity index (χ4v) is 1.42. The van der Waals surface area contributed by atoms with Gasteiger partial charge in [-0.1, -0.05) is 6.07 Å². The number of nitrogens with zero attached hydrogens (tertiary/aromatic N) is 2. The molecule has 1 aromatic rings. The van der Waals surface area contributed by atoms with Gasteiger partial charge < -0.3 is 15.8 Å². The van der Waals surface area contributed by atoms with Gasteiger partial charge in [-0.2, -0.15) is 13.2 Å². The molecule has 0 radical (unpaired) electrons. The molecule has 5 nitrogen and oxygen atoms in total. The van der Waals surface area contributed by atoms with Gasteiger partial charge in [0.2, 0.25) is 5.88 Å². The number of guanidine groups is 1. The molecule has 0 spiro atoms. The number of pyridine rings is 1. The number of halogens is 4. The average Bonchev–Trinajstić information content (AvgIpc) is 2.32. The lowest BCUT2D eigenvalue weighted by Gasteiger charge is -2.21. The molecule has 0 unspecified atom stereocenters. The lowest BCUT2D eigenvalue weighted by molar-refractivity contribution is -0.154. The van der Waals surface area contributed by atoms with Crippen LogP contribution in [-0.4, -0.2) is 29.3 Å². The first kappa shape index (κ1) is 20.7. The summed E-state index contributed by atoms with van der Waals surface area (Å²) in [6, 6.07) is 3.19. The molecule has 0 aliphatic carbocycles. The van der Waals surface area contributed by atoms with E-state index in [1.165, 1.54) is 6.20 Å². The van der Waals surface area contributed by atoms with Crippen LogP contribution in [0.5, 0.6) is 5.88 Å². The molecule has 0 saturated heterocycles.